The van der Waals surface area contributed by atoms with Crippen molar-refractivity contribution in [3.05, 3.63) is 58.9 Å². The molecule has 1 N–H and O–H groups in total. The lowest BCUT2D eigenvalue weighted by atomic mass is 10.1. The van der Waals surface area contributed by atoms with Gasteiger partial charge in [-0.1, -0.05) is 18.2 Å². The van der Waals surface area contributed by atoms with Crippen LogP contribution in [0, 0.1) is 25.2 Å². The van der Waals surface area contributed by atoms with E-state index in [9.17, 15) is 0 Å². The van der Waals surface area contributed by atoms with Crippen LogP contribution in [0.2, 0.25) is 0 Å². The molecule has 1 aromatic heterocycles. The van der Waals surface area contributed by atoms with Gasteiger partial charge in [0.25, 0.3) is 0 Å². The van der Waals surface area contributed by atoms with Crippen molar-refractivity contribution in [1.82, 2.24) is 10.3 Å². The van der Waals surface area contributed by atoms with E-state index in [0.717, 1.165) is 48.5 Å². The molecule has 2 rings (SSSR count). The van der Waals surface area contributed by atoms with E-state index in [-0.39, 0.29) is 0 Å². The second-order valence-corrected chi connectivity index (χ2v) is 5.96. The summed E-state index contributed by atoms with van der Waals surface area (Å²) in [5, 5.41) is 12.0. The molecule has 4 nitrogen and oxygen atoms in total. The average molecular weight is 323 g/mol. The van der Waals surface area contributed by atoms with Crippen molar-refractivity contribution in [2.24, 2.45) is 0 Å². The number of nitrogens with one attached hydrogen (secondary N) is 1. The highest BCUT2D eigenvalue weighted by molar-refractivity contribution is 5.43. The molecule has 1 heterocycles. The largest absolute Gasteiger partial charge is 0.487 e. The minimum atomic E-state index is 0.485. The second-order valence-electron chi connectivity index (χ2n) is 5.96. The molecule has 0 bridgehead atoms. The van der Waals surface area contributed by atoms with Gasteiger partial charge >= 0.3 is 0 Å². The van der Waals surface area contributed by atoms with Crippen LogP contribution < -0.4 is 10.1 Å². The number of ether oxygens (including phenoxy) is 1. The van der Waals surface area contributed by atoms with Gasteiger partial charge in [-0.3, -0.25) is 4.98 Å². The predicted octanol–water partition coefficient (Wildman–Crippen LogP) is 4.06. The van der Waals surface area contributed by atoms with E-state index in [1.165, 1.54) is 5.56 Å². The third kappa shape index (κ3) is 5.68. The highest BCUT2D eigenvalue weighted by Gasteiger charge is 2.07. The highest BCUT2D eigenvalue weighted by atomic mass is 16.5. The zero-order valence-corrected chi connectivity index (χ0v) is 14.5. The van der Waals surface area contributed by atoms with E-state index in [1.807, 2.05) is 18.2 Å². The fourth-order valence-corrected chi connectivity index (χ4v) is 2.69. The molecule has 1 aromatic carbocycles. The van der Waals surface area contributed by atoms with E-state index in [1.54, 1.807) is 6.20 Å². The highest BCUT2D eigenvalue weighted by Crippen LogP contribution is 2.25. The van der Waals surface area contributed by atoms with Crippen molar-refractivity contribution in [1.29, 1.82) is 5.26 Å². The summed E-state index contributed by atoms with van der Waals surface area (Å²) < 4.78 is 5.97. The van der Waals surface area contributed by atoms with Crippen LogP contribution in [0.5, 0.6) is 5.75 Å². The Labute approximate surface area is 144 Å². The SMILES string of the molecule is Cc1cc(CNCCCCC#N)cc(C)c1OCc1ccccn1. The summed E-state index contributed by atoms with van der Waals surface area (Å²) in [6, 6.07) is 12.4. The molecule has 0 fully saturated rings. The Morgan fingerprint density at radius 1 is 1.17 bits per heavy atom. The van der Waals surface area contributed by atoms with Gasteiger partial charge in [0.2, 0.25) is 0 Å². The first-order chi connectivity index (χ1) is 11.7. The Bertz CT molecular complexity index is 654. The van der Waals surface area contributed by atoms with Crippen molar-refractivity contribution in [2.75, 3.05) is 6.54 Å². The molecular formula is C20H25N3O. The van der Waals surface area contributed by atoms with E-state index in [0.29, 0.717) is 13.0 Å². The first-order valence-electron chi connectivity index (χ1n) is 8.41. The normalized spacial score (nSPS) is 10.4. The lowest BCUT2D eigenvalue weighted by Gasteiger charge is -2.14. The van der Waals surface area contributed by atoms with Crippen LogP contribution in [0.1, 0.15) is 41.6 Å². The molecule has 0 aliphatic heterocycles. The molecule has 0 spiro atoms. The van der Waals surface area contributed by atoms with Gasteiger partial charge in [-0.2, -0.15) is 5.26 Å². The topological polar surface area (TPSA) is 57.9 Å². The molecule has 126 valence electrons. The molecule has 0 atom stereocenters. The van der Waals surface area contributed by atoms with Crippen LogP contribution in [0.15, 0.2) is 36.5 Å². The number of pyridine rings is 1. The molecule has 24 heavy (non-hydrogen) atoms. The zero-order valence-electron chi connectivity index (χ0n) is 14.5. The number of aryl methyl sites for hydroxylation is 2. The Balaban J connectivity index is 1.87. The fourth-order valence-electron chi connectivity index (χ4n) is 2.69. The van der Waals surface area contributed by atoms with Crippen LogP contribution in [0.25, 0.3) is 0 Å². The quantitative estimate of drug-likeness (QED) is 0.707. The van der Waals surface area contributed by atoms with Crippen molar-refractivity contribution < 1.29 is 4.74 Å². The molecule has 0 radical (unpaired) electrons. The van der Waals surface area contributed by atoms with Gasteiger partial charge in [-0.25, -0.2) is 0 Å². The fraction of sp³-hybridized carbons (Fsp3) is 0.400. The molecule has 0 saturated carbocycles. The van der Waals surface area contributed by atoms with E-state index >= 15 is 0 Å². The molecular weight excluding hydrogens is 298 g/mol. The van der Waals surface area contributed by atoms with Gasteiger partial charge < -0.3 is 10.1 Å². The van der Waals surface area contributed by atoms with Gasteiger partial charge in [0.15, 0.2) is 0 Å². The maximum atomic E-state index is 8.52. The Morgan fingerprint density at radius 3 is 2.62 bits per heavy atom. The summed E-state index contributed by atoms with van der Waals surface area (Å²) in [5.41, 5.74) is 4.48. The van der Waals surface area contributed by atoms with Crippen molar-refractivity contribution in [3.8, 4) is 11.8 Å². The monoisotopic (exact) mass is 323 g/mol. The summed E-state index contributed by atoms with van der Waals surface area (Å²) >= 11 is 0. The molecule has 0 saturated heterocycles. The van der Waals surface area contributed by atoms with Crippen LogP contribution in [0.3, 0.4) is 0 Å². The summed E-state index contributed by atoms with van der Waals surface area (Å²) in [5.74, 6) is 0.943. The number of rotatable bonds is 9. The first-order valence-corrected chi connectivity index (χ1v) is 8.41. The summed E-state index contributed by atoms with van der Waals surface area (Å²) in [7, 11) is 0. The summed E-state index contributed by atoms with van der Waals surface area (Å²) in [6.07, 6.45) is 4.42. The third-order valence-corrected chi connectivity index (χ3v) is 3.83. The van der Waals surface area contributed by atoms with Gasteiger partial charge in [0, 0.05) is 19.2 Å². The maximum Gasteiger partial charge on any atom is 0.130 e. The number of aromatic nitrogens is 1. The first kappa shape index (κ1) is 18.0. The molecule has 2 aromatic rings. The van der Waals surface area contributed by atoms with Crippen LogP contribution in [-0.4, -0.2) is 11.5 Å². The lowest BCUT2D eigenvalue weighted by Crippen LogP contribution is -2.15. The molecule has 0 amide bonds. The molecule has 0 aliphatic carbocycles. The number of hydrogen-bond acceptors (Lipinski definition) is 4. The standard InChI is InChI=1S/C20H25N3O/c1-16-12-18(14-22-10-6-3-5-9-21)13-17(2)20(16)24-15-19-8-4-7-11-23-19/h4,7-8,11-13,22H,3,5-6,10,14-15H2,1-2H3. The molecule has 4 heteroatoms. The number of nitriles is 1. The van der Waals surface area contributed by atoms with Gasteiger partial charge in [-0.05, 0) is 62.1 Å². The maximum absolute atomic E-state index is 8.52. The van der Waals surface area contributed by atoms with Crippen molar-refractivity contribution in [3.63, 3.8) is 0 Å². The molecule has 0 aliphatic rings. The Kier molecular flexibility index (Phi) is 7.25. The summed E-state index contributed by atoms with van der Waals surface area (Å²) in [4.78, 5) is 4.29. The second kappa shape index (κ2) is 9.69. The van der Waals surface area contributed by atoms with Crippen molar-refractivity contribution >= 4 is 0 Å². The van der Waals surface area contributed by atoms with E-state index < -0.39 is 0 Å². The Morgan fingerprint density at radius 2 is 1.96 bits per heavy atom. The smallest absolute Gasteiger partial charge is 0.130 e. The molecule has 0 unspecified atom stereocenters. The van der Waals surface area contributed by atoms with Gasteiger partial charge in [-0.15, -0.1) is 0 Å². The van der Waals surface area contributed by atoms with Crippen LogP contribution in [-0.2, 0) is 13.2 Å². The minimum Gasteiger partial charge on any atom is -0.487 e. The zero-order chi connectivity index (χ0) is 17.2. The van der Waals surface area contributed by atoms with Gasteiger partial charge in [0.1, 0.15) is 12.4 Å². The number of hydrogen-bond donors (Lipinski definition) is 1. The van der Waals surface area contributed by atoms with Gasteiger partial charge in [0.05, 0.1) is 11.8 Å². The number of unbranched alkanes of at least 4 members (excludes halogenated alkanes) is 2. The lowest BCUT2D eigenvalue weighted by molar-refractivity contribution is 0.297. The van der Waals surface area contributed by atoms with Crippen LogP contribution >= 0.6 is 0 Å². The summed E-state index contributed by atoms with van der Waals surface area (Å²) in [6.45, 7) is 6.43. The van der Waals surface area contributed by atoms with E-state index in [4.69, 9.17) is 10.00 Å². The third-order valence-electron chi connectivity index (χ3n) is 3.83. The van der Waals surface area contributed by atoms with Crippen LogP contribution in [0.4, 0.5) is 0 Å². The minimum absolute atomic E-state index is 0.485. The van der Waals surface area contributed by atoms with Crippen molar-refractivity contribution in [2.45, 2.75) is 46.3 Å². The van der Waals surface area contributed by atoms with E-state index in [2.05, 4.69) is 42.4 Å². The number of nitrogens with zero attached hydrogens (tertiary/aromatic N) is 2. The average Bonchev–Trinajstić information content (AvgIpc) is 2.58. The predicted molar refractivity (Wildman–Crippen MR) is 95.7 cm³/mol. The number of benzene rings is 1. The Hall–Kier alpha value is -2.38.